The summed E-state index contributed by atoms with van der Waals surface area (Å²) in [6, 6.07) is 1.37. The second-order valence-corrected chi connectivity index (χ2v) is 6.11. The predicted molar refractivity (Wildman–Crippen MR) is 85.1 cm³/mol. The summed E-state index contributed by atoms with van der Waals surface area (Å²) in [4.78, 5) is 35.3. The summed E-state index contributed by atoms with van der Waals surface area (Å²) in [6.07, 6.45) is 2.26. The number of furan rings is 1. The highest BCUT2D eigenvalue weighted by atomic mass is 16.6. The molecule has 0 aliphatic carbocycles. The molecular weight excluding hydrogens is 332 g/mol. The molecule has 0 aliphatic rings. The number of aromatic carboxylic acids is 1. The van der Waals surface area contributed by atoms with Crippen LogP contribution in [0.25, 0.3) is 0 Å². The Labute approximate surface area is 142 Å². The molecule has 0 saturated heterocycles. The van der Waals surface area contributed by atoms with Crippen molar-refractivity contribution < 1.29 is 24.0 Å². The largest absolute Gasteiger partial charge is 0.478 e. The lowest BCUT2D eigenvalue weighted by Crippen LogP contribution is -2.45. The number of carboxylic acids is 1. The van der Waals surface area contributed by atoms with Crippen molar-refractivity contribution in [3.05, 3.63) is 45.7 Å². The lowest BCUT2D eigenvalue weighted by atomic mass is 10.0. The lowest BCUT2D eigenvalue weighted by molar-refractivity contribution is -0.385. The van der Waals surface area contributed by atoms with E-state index < -0.39 is 16.4 Å². The summed E-state index contributed by atoms with van der Waals surface area (Å²) in [5, 5.41) is 23.7. The fourth-order valence-corrected chi connectivity index (χ4v) is 2.42. The zero-order valence-corrected chi connectivity index (χ0v) is 14.2. The van der Waals surface area contributed by atoms with E-state index in [4.69, 9.17) is 9.52 Å². The standard InChI is InChI=1S/C15H18N4O6/c1-9-12(13(20)21)5-11(25-9)8-17(4)14(22)15(2,3)18-7-10(6-16-18)19(23)24/h5-7H,8H2,1-4H3,(H,20,21). The molecule has 0 unspecified atom stereocenters. The smallest absolute Gasteiger partial charge is 0.339 e. The SMILES string of the molecule is Cc1oc(CN(C)C(=O)C(C)(C)n2cc([N+](=O)[O-])cn2)cc1C(=O)O. The first kappa shape index (κ1) is 18.2. The fourth-order valence-electron chi connectivity index (χ4n) is 2.42. The number of hydrogen-bond acceptors (Lipinski definition) is 6. The Hall–Kier alpha value is -3.17. The van der Waals surface area contributed by atoms with Crippen LogP contribution in [-0.2, 0) is 16.9 Å². The third-order valence-electron chi connectivity index (χ3n) is 3.81. The normalized spacial score (nSPS) is 11.4. The van der Waals surface area contributed by atoms with Gasteiger partial charge in [-0.25, -0.2) is 4.79 Å². The van der Waals surface area contributed by atoms with Crippen LogP contribution in [-0.4, -0.2) is 43.6 Å². The molecule has 0 aromatic carbocycles. The molecule has 0 fully saturated rings. The number of nitrogens with zero attached hydrogens (tertiary/aromatic N) is 4. The highest BCUT2D eigenvalue weighted by molar-refractivity contribution is 5.89. The molecule has 0 aliphatic heterocycles. The van der Waals surface area contributed by atoms with Crippen molar-refractivity contribution in [2.45, 2.75) is 32.9 Å². The number of nitro groups is 1. The van der Waals surface area contributed by atoms with Crippen LogP contribution in [0.5, 0.6) is 0 Å². The van der Waals surface area contributed by atoms with Crippen molar-refractivity contribution in [3.63, 3.8) is 0 Å². The molecule has 25 heavy (non-hydrogen) atoms. The zero-order valence-electron chi connectivity index (χ0n) is 14.2. The van der Waals surface area contributed by atoms with E-state index in [9.17, 15) is 19.7 Å². The quantitative estimate of drug-likeness (QED) is 0.620. The van der Waals surface area contributed by atoms with Crippen LogP contribution in [0, 0.1) is 17.0 Å². The highest BCUT2D eigenvalue weighted by Gasteiger charge is 2.34. The Bertz CT molecular complexity index is 835. The van der Waals surface area contributed by atoms with Gasteiger partial charge in [0, 0.05) is 7.05 Å². The third-order valence-corrected chi connectivity index (χ3v) is 3.81. The number of aromatic nitrogens is 2. The lowest BCUT2D eigenvalue weighted by Gasteiger charge is -2.29. The molecule has 0 saturated carbocycles. The van der Waals surface area contributed by atoms with Gasteiger partial charge in [-0.2, -0.15) is 5.10 Å². The first-order valence-corrected chi connectivity index (χ1v) is 7.31. The molecule has 0 atom stereocenters. The molecule has 2 aromatic heterocycles. The van der Waals surface area contributed by atoms with Crippen molar-refractivity contribution in [1.29, 1.82) is 0 Å². The number of carbonyl (C=O) groups excluding carboxylic acids is 1. The van der Waals surface area contributed by atoms with Gasteiger partial charge in [0.1, 0.15) is 35.0 Å². The monoisotopic (exact) mass is 350 g/mol. The van der Waals surface area contributed by atoms with Crippen molar-refractivity contribution >= 4 is 17.6 Å². The van der Waals surface area contributed by atoms with Crippen molar-refractivity contribution in [1.82, 2.24) is 14.7 Å². The highest BCUT2D eigenvalue weighted by Crippen LogP contribution is 2.22. The van der Waals surface area contributed by atoms with E-state index in [0.29, 0.717) is 5.76 Å². The summed E-state index contributed by atoms with van der Waals surface area (Å²) in [5.74, 6) is -0.889. The second-order valence-electron chi connectivity index (χ2n) is 6.11. The Morgan fingerprint density at radius 2 is 2.12 bits per heavy atom. The predicted octanol–water partition coefficient (Wildman–Crippen LogP) is 1.78. The molecule has 10 heteroatoms. The number of hydrogen-bond donors (Lipinski definition) is 1. The Kier molecular flexibility index (Phi) is 4.64. The third kappa shape index (κ3) is 3.52. The van der Waals surface area contributed by atoms with E-state index in [2.05, 4.69) is 5.10 Å². The number of aryl methyl sites for hydroxylation is 1. The van der Waals surface area contributed by atoms with Crippen molar-refractivity contribution in [2.75, 3.05) is 7.05 Å². The number of likely N-dealkylation sites (N-methyl/N-ethyl adjacent to an activating group) is 1. The Morgan fingerprint density at radius 1 is 1.48 bits per heavy atom. The average Bonchev–Trinajstić information content (AvgIpc) is 3.13. The van der Waals surface area contributed by atoms with E-state index in [1.54, 1.807) is 13.8 Å². The fraction of sp³-hybridized carbons (Fsp3) is 0.400. The van der Waals surface area contributed by atoms with E-state index in [1.807, 2.05) is 0 Å². The van der Waals surface area contributed by atoms with Crippen LogP contribution < -0.4 is 0 Å². The molecule has 2 heterocycles. The number of rotatable bonds is 6. The zero-order chi connectivity index (χ0) is 18.9. The van der Waals surface area contributed by atoms with E-state index in [-0.39, 0.29) is 29.5 Å². The van der Waals surface area contributed by atoms with Gasteiger partial charge in [-0.1, -0.05) is 0 Å². The first-order valence-electron chi connectivity index (χ1n) is 7.31. The van der Waals surface area contributed by atoms with E-state index in [0.717, 1.165) is 6.20 Å². The van der Waals surface area contributed by atoms with Gasteiger partial charge in [-0.15, -0.1) is 0 Å². The van der Waals surface area contributed by atoms with E-state index in [1.165, 1.54) is 35.8 Å². The van der Waals surface area contributed by atoms with Gasteiger partial charge in [0.25, 0.3) is 0 Å². The average molecular weight is 350 g/mol. The van der Waals surface area contributed by atoms with E-state index >= 15 is 0 Å². The second kappa shape index (κ2) is 6.38. The van der Waals surface area contributed by atoms with Crippen LogP contribution in [0.15, 0.2) is 22.9 Å². The first-order chi connectivity index (χ1) is 11.5. The van der Waals surface area contributed by atoms with Gasteiger partial charge in [-0.3, -0.25) is 19.6 Å². The maximum absolute atomic E-state index is 12.7. The molecule has 0 bridgehead atoms. The molecule has 10 nitrogen and oxygen atoms in total. The maximum atomic E-state index is 12.7. The Morgan fingerprint density at radius 3 is 2.60 bits per heavy atom. The van der Waals surface area contributed by atoms with Gasteiger partial charge in [-0.05, 0) is 26.8 Å². The van der Waals surface area contributed by atoms with Crippen molar-refractivity contribution in [2.24, 2.45) is 0 Å². The van der Waals surface area contributed by atoms with Gasteiger partial charge < -0.3 is 14.4 Å². The Balaban J connectivity index is 2.18. The molecule has 0 spiro atoms. The number of amides is 1. The summed E-state index contributed by atoms with van der Waals surface area (Å²) in [6.45, 7) is 4.75. The van der Waals surface area contributed by atoms with Crippen molar-refractivity contribution in [3.8, 4) is 0 Å². The minimum atomic E-state index is -1.17. The molecule has 1 amide bonds. The van der Waals surface area contributed by atoms with Crippen LogP contribution in [0.4, 0.5) is 5.69 Å². The summed E-state index contributed by atoms with van der Waals surface area (Å²) in [5.41, 5.74) is -1.34. The van der Waals surface area contributed by atoms with Crippen LogP contribution in [0.1, 0.15) is 35.7 Å². The maximum Gasteiger partial charge on any atom is 0.339 e. The molecule has 0 radical (unpaired) electrons. The number of carboxylic acid groups (broad SMARTS) is 1. The molecule has 1 N–H and O–H groups in total. The minimum absolute atomic E-state index is 0.0396. The summed E-state index contributed by atoms with van der Waals surface area (Å²) >= 11 is 0. The topological polar surface area (TPSA) is 132 Å². The summed E-state index contributed by atoms with van der Waals surface area (Å²) in [7, 11) is 1.53. The van der Waals surface area contributed by atoms with Crippen LogP contribution in [0.2, 0.25) is 0 Å². The summed E-state index contributed by atoms with van der Waals surface area (Å²) < 4.78 is 6.59. The van der Waals surface area contributed by atoms with Gasteiger partial charge in [0.15, 0.2) is 0 Å². The molecule has 134 valence electrons. The minimum Gasteiger partial charge on any atom is -0.478 e. The van der Waals surface area contributed by atoms with Crippen LogP contribution in [0.3, 0.4) is 0 Å². The molecule has 2 rings (SSSR count). The number of carbonyl (C=O) groups is 2. The van der Waals surface area contributed by atoms with Gasteiger partial charge in [0.2, 0.25) is 5.91 Å². The van der Waals surface area contributed by atoms with Gasteiger partial charge >= 0.3 is 11.7 Å². The molecular formula is C15H18N4O6. The van der Waals surface area contributed by atoms with Gasteiger partial charge in [0.05, 0.1) is 11.5 Å². The molecule has 2 aromatic rings. The van der Waals surface area contributed by atoms with Crippen LogP contribution >= 0.6 is 0 Å².